The van der Waals surface area contributed by atoms with Gasteiger partial charge in [-0.1, -0.05) is 73.5 Å². The first-order valence-corrected chi connectivity index (χ1v) is 12.2. The molecule has 0 aliphatic carbocycles. The number of rotatable bonds is 6. The molecule has 1 N–H and O–H groups in total. The number of halogens is 1. The van der Waals surface area contributed by atoms with Crippen molar-refractivity contribution in [1.82, 2.24) is 30.2 Å². The van der Waals surface area contributed by atoms with E-state index in [0.29, 0.717) is 23.8 Å². The van der Waals surface area contributed by atoms with Gasteiger partial charge in [0.1, 0.15) is 0 Å². The second-order valence-electron chi connectivity index (χ2n) is 7.94. The molecule has 0 radical (unpaired) electrons. The van der Waals surface area contributed by atoms with Crippen molar-refractivity contribution >= 4 is 20.2 Å². The minimum atomic E-state index is -1.54. The molecule has 13 heteroatoms. The Bertz CT molecular complexity index is 1330. The van der Waals surface area contributed by atoms with Crippen LogP contribution in [0.5, 0.6) is 0 Å². The number of aliphatic hydroxyl groups is 1. The van der Waals surface area contributed by atoms with Crippen molar-refractivity contribution in [3.8, 4) is 22.5 Å². The van der Waals surface area contributed by atoms with E-state index in [1.165, 1.54) is 0 Å². The molecular formula is C22H19ClKN6O4P. The Kier molecular flexibility index (Phi) is 7.56. The van der Waals surface area contributed by atoms with Crippen LogP contribution in [0.25, 0.3) is 22.5 Å². The van der Waals surface area contributed by atoms with Crippen molar-refractivity contribution in [2.45, 2.75) is 38.4 Å². The normalized spacial score (nSPS) is 22.6. The van der Waals surface area contributed by atoms with Gasteiger partial charge in [0.05, 0.1) is 12.3 Å². The molecule has 4 aromatic rings. The number of nitrogens with zero attached hydrogens (tertiary/aromatic N) is 6. The molecule has 2 aromatic heterocycles. The van der Waals surface area contributed by atoms with Gasteiger partial charge in [0.25, 0.3) is 0 Å². The summed E-state index contributed by atoms with van der Waals surface area (Å²) in [5.74, 6) is -0.0326. The monoisotopic (exact) mass is 536 g/mol. The summed E-state index contributed by atoms with van der Waals surface area (Å²) in [6.07, 6.45) is 0.808. The minimum Gasteiger partial charge on any atom is -0.390 e. The third-order valence-electron chi connectivity index (χ3n) is 5.89. The average Bonchev–Trinajstić information content (AvgIpc) is 3.44. The molecule has 1 atom stereocenters. The summed E-state index contributed by atoms with van der Waals surface area (Å²) in [6.45, 7) is 1.75. The van der Waals surface area contributed by atoms with Crippen LogP contribution in [0.15, 0.2) is 48.5 Å². The van der Waals surface area contributed by atoms with Crippen LogP contribution in [0.4, 0.5) is 0 Å². The predicted octanol–water partition coefficient (Wildman–Crippen LogP) is 1.31. The molecule has 0 spiro atoms. The van der Waals surface area contributed by atoms with Crippen molar-refractivity contribution in [1.29, 1.82) is 0 Å². The fraction of sp³-hybridized carbons (Fsp3) is 0.273. The maximum Gasteiger partial charge on any atom is 1.00 e. The summed E-state index contributed by atoms with van der Waals surface area (Å²) >= 11 is 6.38. The van der Waals surface area contributed by atoms with E-state index >= 15 is 0 Å². The minimum absolute atomic E-state index is 0. The summed E-state index contributed by atoms with van der Waals surface area (Å²) in [6, 6.07) is 15.7. The summed E-state index contributed by atoms with van der Waals surface area (Å²) in [4.78, 5) is 4.50. The molecule has 1 unspecified atom stereocenters. The second kappa shape index (κ2) is 10.4. The Balaban J connectivity index is 0.00000253. The first-order valence-electron chi connectivity index (χ1n) is 10.7. The summed E-state index contributed by atoms with van der Waals surface area (Å²) in [5.41, 5.74) is 4.05. The molecule has 3 aliphatic rings. The zero-order valence-corrected chi connectivity index (χ0v) is 23.8. The van der Waals surface area contributed by atoms with E-state index < -0.39 is 20.6 Å². The number of aromatic nitrogens is 6. The molecule has 0 amide bonds. The van der Waals surface area contributed by atoms with Crippen molar-refractivity contribution in [3.05, 3.63) is 70.8 Å². The zero-order chi connectivity index (χ0) is 23.3. The third-order valence-corrected chi connectivity index (χ3v) is 7.45. The van der Waals surface area contributed by atoms with Crippen molar-refractivity contribution in [2.24, 2.45) is 0 Å². The van der Waals surface area contributed by atoms with E-state index in [1.807, 2.05) is 55.5 Å². The van der Waals surface area contributed by atoms with E-state index in [4.69, 9.17) is 25.2 Å². The molecule has 174 valence electrons. The van der Waals surface area contributed by atoms with E-state index in [0.717, 1.165) is 28.7 Å². The van der Waals surface area contributed by atoms with Gasteiger partial charge in [0.2, 0.25) is 5.79 Å². The topological polar surface area (TPSA) is 119 Å². The van der Waals surface area contributed by atoms with Gasteiger partial charge in [0.15, 0.2) is 17.2 Å². The molecule has 1 saturated heterocycles. The molecule has 10 nitrogen and oxygen atoms in total. The maximum absolute atomic E-state index is 10.0. The van der Waals surface area contributed by atoms with Crippen LogP contribution in [-0.2, 0) is 26.0 Å². The van der Waals surface area contributed by atoms with E-state index in [9.17, 15) is 5.11 Å². The van der Waals surface area contributed by atoms with E-state index in [1.54, 1.807) is 4.57 Å². The van der Waals surface area contributed by atoms with Gasteiger partial charge in [-0.05, 0) is 16.7 Å². The first kappa shape index (κ1) is 25.6. The van der Waals surface area contributed by atoms with Gasteiger partial charge in [-0.2, -0.15) is 5.21 Å². The third kappa shape index (κ3) is 4.36. The van der Waals surface area contributed by atoms with Crippen molar-refractivity contribution in [3.63, 3.8) is 0 Å². The maximum atomic E-state index is 10.0. The smallest absolute Gasteiger partial charge is 0.390 e. The number of benzene rings is 2. The molecule has 2 aromatic carbocycles. The fourth-order valence-electron chi connectivity index (χ4n) is 4.35. The van der Waals surface area contributed by atoms with Crippen LogP contribution in [-0.4, -0.2) is 30.2 Å². The number of tetrazole rings is 1. The number of hydrogen-bond acceptors (Lipinski definition) is 8. The van der Waals surface area contributed by atoms with Crippen molar-refractivity contribution < 1.29 is 70.1 Å². The van der Waals surface area contributed by atoms with Gasteiger partial charge in [0, 0.05) is 17.8 Å². The Labute approximate surface area is 249 Å². The Morgan fingerprint density at radius 2 is 1.89 bits per heavy atom. The summed E-state index contributed by atoms with van der Waals surface area (Å²) in [5, 5.41) is 25.4. The van der Waals surface area contributed by atoms with Crippen LogP contribution >= 0.6 is 20.2 Å². The van der Waals surface area contributed by atoms with E-state index in [-0.39, 0.29) is 63.1 Å². The van der Waals surface area contributed by atoms with Crippen molar-refractivity contribution in [2.75, 3.05) is 0 Å². The van der Waals surface area contributed by atoms with Crippen LogP contribution in [0, 0.1) is 0 Å². The summed E-state index contributed by atoms with van der Waals surface area (Å²) in [7, 11) is -1.54. The quantitative estimate of drug-likeness (QED) is 0.287. The van der Waals surface area contributed by atoms with Gasteiger partial charge < -0.3 is 10.2 Å². The van der Waals surface area contributed by atoms with Crippen LogP contribution in [0.2, 0.25) is 5.15 Å². The largest absolute Gasteiger partial charge is 1.00 e. The van der Waals surface area contributed by atoms with Crippen LogP contribution < -0.4 is 56.5 Å². The number of aliphatic hydroxyl groups excluding tert-OH is 1. The number of imidazole rings is 1. The van der Waals surface area contributed by atoms with Crippen LogP contribution in [0.1, 0.15) is 43.1 Å². The molecule has 5 heterocycles. The molecule has 7 rings (SSSR count). The summed E-state index contributed by atoms with van der Waals surface area (Å²) < 4.78 is 20.1. The fourth-order valence-corrected chi connectivity index (χ4v) is 5.89. The molecule has 0 saturated carbocycles. The van der Waals surface area contributed by atoms with Gasteiger partial charge >= 0.3 is 60.0 Å². The molecular weight excluding hydrogens is 518 g/mol. The zero-order valence-electron chi connectivity index (χ0n) is 19.0. The standard InChI is InChI=1S/C22H19ClN6O4P.K/c1-2-11-22-21-24-18(23)17(12-30)29(21)20(31-34(32-22)33-22)14-9-7-13(8-10-14)15-5-3-4-6-16(15)19-25-27-28-26-19;/h3-10,20,30H,2,11-12H2,1H3;/q-1;+1. The number of fused-ring (bicyclic) bond motifs is 1. The first-order chi connectivity index (χ1) is 16.6. The second-order valence-corrected chi connectivity index (χ2v) is 9.32. The Morgan fingerprint density at radius 3 is 2.54 bits per heavy atom. The van der Waals surface area contributed by atoms with E-state index in [2.05, 4.69) is 25.6 Å². The number of hydrogen-bond donors (Lipinski definition) is 1. The predicted molar refractivity (Wildman–Crippen MR) is 122 cm³/mol. The van der Waals surface area contributed by atoms with Gasteiger partial charge in [-0.25, -0.2) is 4.98 Å². The molecule has 3 aliphatic heterocycles. The SMILES string of the molecule is CCCC12OP(OC(c3ccc(-c4ccccc4-c4nnn[n-]4)cc3)n3c1nc(Cl)c3CO)O2.[K+]. The Hall–Kier alpha value is -1.08. The van der Waals surface area contributed by atoms with Gasteiger partial charge in [-0.15, -0.1) is 0 Å². The molecule has 2 bridgehead atoms. The van der Waals surface area contributed by atoms with Crippen LogP contribution in [0.3, 0.4) is 0 Å². The molecule has 1 fully saturated rings. The molecule has 35 heavy (non-hydrogen) atoms. The van der Waals surface area contributed by atoms with Gasteiger partial charge in [-0.3, -0.25) is 28.5 Å². The average molecular weight is 537 g/mol. The Morgan fingerprint density at radius 1 is 1.14 bits per heavy atom.